The Balaban J connectivity index is 2.71. The lowest BCUT2D eigenvalue weighted by Crippen LogP contribution is -2.29. The van der Waals surface area contributed by atoms with Crippen LogP contribution in [-0.4, -0.2) is 16.5 Å². The topological polar surface area (TPSA) is 37.3 Å². The van der Waals surface area contributed by atoms with Crippen LogP contribution in [0.25, 0.3) is 6.08 Å². The summed E-state index contributed by atoms with van der Waals surface area (Å²) in [7, 11) is 0. The second kappa shape index (κ2) is 4.20. The third-order valence-electron chi connectivity index (χ3n) is 1.83. The van der Waals surface area contributed by atoms with E-state index < -0.39 is 5.60 Å². The van der Waals surface area contributed by atoms with Crippen molar-refractivity contribution >= 4 is 11.9 Å². The Labute approximate surface area is 83.9 Å². The van der Waals surface area contributed by atoms with Crippen LogP contribution in [0.2, 0.25) is 0 Å². The number of benzene rings is 1. The van der Waals surface area contributed by atoms with Gasteiger partial charge in [-0.05, 0) is 25.5 Å². The number of carbonyl (C=O) groups is 1. The zero-order valence-electron chi connectivity index (χ0n) is 8.40. The molecule has 0 radical (unpaired) electrons. The molecule has 0 fully saturated rings. The van der Waals surface area contributed by atoms with Gasteiger partial charge < -0.3 is 5.11 Å². The molecule has 1 aromatic rings. The van der Waals surface area contributed by atoms with E-state index >= 15 is 0 Å². The summed E-state index contributed by atoms with van der Waals surface area (Å²) in [6.07, 6.45) is 3.09. The van der Waals surface area contributed by atoms with Crippen molar-refractivity contribution in [3.8, 4) is 0 Å². The first-order valence-electron chi connectivity index (χ1n) is 4.50. The van der Waals surface area contributed by atoms with Crippen molar-refractivity contribution in [3.05, 3.63) is 42.0 Å². The Morgan fingerprint density at radius 2 is 1.86 bits per heavy atom. The predicted octanol–water partition coefficient (Wildman–Crippen LogP) is 2.04. The summed E-state index contributed by atoms with van der Waals surface area (Å²) in [4.78, 5) is 11.3. The van der Waals surface area contributed by atoms with Crippen molar-refractivity contribution in [3.63, 3.8) is 0 Å². The average molecular weight is 190 g/mol. The van der Waals surface area contributed by atoms with Crippen LogP contribution in [0.4, 0.5) is 0 Å². The number of hydrogen-bond donors (Lipinski definition) is 1. The molecule has 0 saturated carbocycles. The third-order valence-corrected chi connectivity index (χ3v) is 1.83. The van der Waals surface area contributed by atoms with Crippen molar-refractivity contribution in [2.45, 2.75) is 19.4 Å². The van der Waals surface area contributed by atoms with E-state index in [1.54, 1.807) is 6.08 Å². The molecule has 0 aromatic heterocycles. The van der Waals surface area contributed by atoms with E-state index in [0.717, 1.165) is 5.56 Å². The quantitative estimate of drug-likeness (QED) is 0.740. The minimum atomic E-state index is -1.29. The Hall–Kier alpha value is -1.41. The number of aliphatic hydroxyl groups is 1. The maximum Gasteiger partial charge on any atom is 0.186 e. The van der Waals surface area contributed by atoms with E-state index in [2.05, 4.69) is 0 Å². The van der Waals surface area contributed by atoms with Crippen molar-refractivity contribution < 1.29 is 9.90 Å². The summed E-state index contributed by atoms with van der Waals surface area (Å²) < 4.78 is 0. The van der Waals surface area contributed by atoms with Gasteiger partial charge in [-0.1, -0.05) is 36.4 Å². The number of carbonyl (C=O) groups excluding carboxylic acids is 1. The molecule has 0 aliphatic rings. The molecule has 1 rings (SSSR count). The van der Waals surface area contributed by atoms with Crippen LogP contribution >= 0.6 is 0 Å². The van der Waals surface area contributed by atoms with Gasteiger partial charge in [-0.25, -0.2) is 0 Å². The molecule has 0 bridgehead atoms. The Bertz CT molecular complexity index is 331. The Morgan fingerprint density at radius 3 is 2.36 bits per heavy atom. The van der Waals surface area contributed by atoms with Crippen LogP contribution in [0, 0.1) is 0 Å². The van der Waals surface area contributed by atoms with E-state index in [0.29, 0.717) is 0 Å². The van der Waals surface area contributed by atoms with E-state index in [9.17, 15) is 9.90 Å². The maximum atomic E-state index is 11.3. The lowest BCUT2D eigenvalue weighted by atomic mass is 10.0. The summed E-state index contributed by atoms with van der Waals surface area (Å²) in [5.41, 5.74) is -0.337. The minimum Gasteiger partial charge on any atom is -0.382 e. The van der Waals surface area contributed by atoms with Gasteiger partial charge in [-0.15, -0.1) is 0 Å². The molecule has 14 heavy (non-hydrogen) atoms. The molecule has 74 valence electrons. The summed E-state index contributed by atoms with van der Waals surface area (Å²) >= 11 is 0. The summed E-state index contributed by atoms with van der Waals surface area (Å²) in [5.74, 6) is -0.290. The van der Waals surface area contributed by atoms with Crippen LogP contribution in [-0.2, 0) is 4.79 Å². The monoisotopic (exact) mass is 190 g/mol. The predicted molar refractivity (Wildman–Crippen MR) is 56.8 cm³/mol. The largest absolute Gasteiger partial charge is 0.382 e. The third kappa shape index (κ3) is 3.15. The highest BCUT2D eigenvalue weighted by Gasteiger charge is 2.20. The average Bonchev–Trinajstić information content (AvgIpc) is 2.14. The zero-order chi connectivity index (χ0) is 10.6. The first kappa shape index (κ1) is 10.7. The molecule has 0 atom stereocenters. The molecule has 0 aliphatic heterocycles. The maximum absolute atomic E-state index is 11.3. The number of ketones is 1. The molecule has 0 heterocycles. The minimum absolute atomic E-state index is 0.290. The van der Waals surface area contributed by atoms with E-state index in [4.69, 9.17) is 0 Å². The van der Waals surface area contributed by atoms with E-state index in [1.165, 1.54) is 19.9 Å². The van der Waals surface area contributed by atoms with Gasteiger partial charge in [0.2, 0.25) is 0 Å². The van der Waals surface area contributed by atoms with Gasteiger partial charge in [0.1, 0.15) is 5.60 Å². The van der Waals surface area contributed by atoms with Crippen LogP contribution in [0.1, 0.15) is 19.4 Å². The fourth-order valence-electron chi connectivity index (χ4n) is 0.940. The molecular formula is C12H14O2. The fourth-order valence-corrected chi connectivity index (χ4v) is 0.940. The smallest absolute Gasteiger partial charge is 0.186 e. The Morgan fingerprint density at radius 1 is 1.29 bits per heavy atom. The number of hydrogen-bond acceptors (Lipinski definition) is 2. The first-order valence-corrected chi connectivity index (χ1v) is 4.50. The summed E-state index contributed by atoms with van der Waals surface area (Å²) in [6, 6.07) is 9.50. The lowest BCUT2D eigenvalue weighted by molar-refractivity contribution is -0.128. The Kier molecular flexibility index (Phi) is 3.20. The summed E-state index contributed by atoms with van der Waals surface area (Å²) in [6.45, 7) is 2.95. The van der Waals surface area contributed by atoms with Gasteiger partial charge in [0.15, 0.2) is 5.78 Å². The molecule has 0 amide bonds. The SMILES string of the molecule is CC(C)(O)C(=O)/C=C/c1ccccc1. The second-order valence-corrected chi connectivity index (χ2v) is 3.67. The zero-order valence-corrected chi connectivity index (χ0v) is 8.40. The first-order chi connectivity index (χ1) is 6.50. The van der Waals surface area contributed by atoms with Crippen LogP contribution in [0.15, 0.2) is 36.4 Å². The van der Waals surface area contributed by atoms with Gasteiger partial charge in [-0.3, -0.25) is 4.79 Å². The van der Waals surface area contributed by atoms with Gasteiger partial charge in [0, 0.05) is 0 Å². The van der Waals surface area contributed by atoms with Gasteiger partial charge in [0.25, 0.3) is 0 Å². The second-order valence-electron chi connectivity index (χ2n) is 3.67. The molecule has 0 unspecified atom stereocenters. The van der Waals surface area contributed by atoms with Crippen molar-refractivity contribution in [2.75, 3.05) is 0 Å². The van der Waals surface area contributed by atoms with Gasteiger partial charge >= 0.3 is 0 Å². The molecule has 1 N–H and O–H groups in total. The molecule has 1 aromatic carbocycles. The van der Waals surface area contributed by atoms with Crippen LogP contribution < -0.4 is 0 Å². The van der Waals surface area contributed by atoms with Crippen LogP contribution in [0.5, 0.6) is 0 Å². The fraction of sp³-hybridized carbons (Fsp3) is 0.250. The molecule has 2 heteroatoms. The molecule has 0 aliphatic carbocycles. The molecule has 0 spiro atoms. The van der Waals surface area contributed by atoms with E-state index in [1.807, 2.05) is 30.3 Å². The van der Waals surface area contributed by atoms with Crippen molar-refractivity contribution in [1.82, 2.24) is 0 Å². The molecular weight excluding hydrogens is 176 g/mol. The van der Waals surface area contributed by atoms with Crippen LogP contribution in [0.3, 0.4) is 0 Å². The van der Waals surface area contributed by atoms with Gasteiger partial charge in [0.05, 0.1) is 0 Å². The molecule has 0 saturated heterocycles. The summed E-state index contributed by atoms with van der Waals surface area (Å²) in [5, 5.41) is 9.36. The number of rotatable bonds is 3. The highest BCUT2D eigenvalue weighted by Crippen LogP contribution is 2.06. The van der Waals surface area contributed by atoms with E-state index in [-0.39, 0.29) is 5.78 Å². The van der Waals surface area contributed by atoms with Crippen molar-refractivity contribution in [2.24, 2.45) is 0 Å². The normalized spacial score (nSPS) is 11.9. The van der Waals surface area contributed by atoms with Crippen molar-refractivity contribution in [1.29, 1.82) is 0 Å². The standard InChI is InChI=1S/C12H14O2/c1-12(2,14)11(13)9-8-10-6-4-3-5-7-10/h3-9,14H,1-2H3/b9-8+. The van der Waals surface area contributed by atoms with Gasteiger partial charge in [-0.2, -0.15) is 0 Å². The highest BCUT2D eigenvalue weighted by molar-refractivity contribution is 5.99. The highest BCUT2D eigenvalue weighted by atomic mass is 16.3. The molecule has 2 nitrogen and oxygen atoms in total. The lowest BCUT2D eigenvalue weighted by Gasteiger charge is -2.11.